The van der Waals surface area contributed by atoms with Gasteiger partial charge < -0.3 is 20.3 Å². The number of hydrogen-bond acceptors (Lipinski definition) is 7. The standard InChI is InChI=1S/C30H36N6O2S/c1-3-38-27-13-11-25(12-14-27)31-21-26-10-7-17-36(26)30-34-33-29(39-30)35-18-15-24(16-19-35)28(37)32-20-22(2)23-8-5-4-6-9-23/h4-14,17,22,24,31H,3,15-16,18-21H2,1-2H3,(H,32,37)/t22-/m1/s1. The van der Waals surface area contributed by atoms with Gasteiger partial charge in [-0.2, -0.15) is 0 Å². The monoisotopic (exact) mass is 544 g/mol. The number of nitrogens with one attached hydrogen (secondary N) is 2. The zero-order chi connectivity index (χ0) is 27.0. The van der Waals surface area contributed by atoms with Crippen molar-refractivity contribution in [3.63, 3.8) is 0 Å². The molecule has 1 saturated heterocycles. The van der Waals surface area contributed by atoms with Crippen molar-refractivity contribution >= 4 is 28.1 Å². The summed E-state index contributed by atoms with van der Waals surface area (Å²) in [5, 5.41) is 17.3. The number of rotatable bonds is 11. The van der Waals surface area contributed by atoms with Gasteiger partial charge in [0.2, 0.25) is 16.2 Å². The number of amides is 1. The van der Waals surface area contributed by atoms with Crippen molar-refractivity contribution in [1.82, 2.24) is 20.1 Å². The van der Waals surface area contributed by atoms with Crippen molar-refractivity contribution in [1.29, 1.82) is 0 Å². The summed E-state index contributed by atoms with van der Waals surface area (Å²) in [6.45, 7) is 7.73. The summed E-state index contributed by atoms with van der Waals surface area (Å²) in [4.78, 5) is 15.1. The highest BCUT2D eigenvalue weighted by Gasteiger charge is 2.27. The van der Waals surface area contributed by atoms with E-state index in [-0.39, 0.29) is 11.8 Å². The van der Waals surface area contributed by atoms with Crippen LogP contribution >= 0.6 is 11.3 Å². The van der Waals surface area contributed by atoms with Crippen LogP contribution in [-0.2, 0) is 11.3 Å². The third-order valence-electron chi connectivity index (χ3n) is 7.17. The first-order valence-corrected chi connectivity index (χ1v) is 14.5. The van der Waals surface area contributed by atoms with Crippen LogP contribution in [0.15, 0.2) is 72.9 Å². The molecule has 5 rings (SSSR count). The summed E-state index contributed by atoms with van der Waals surface area (Å²) in [6, 6.07) is 22.4. The molecule has 1 atom stereocenters. The van der Waals surface area contributed by atoms with E-state index in [0.717, 1.165) is 53.3 Å². The first-order valence-electron chi connectivity index (χ1n) is 13.6. The second kappa shape index (κ2) is 12.8. The van der Waals surface area contributed by atoms with Gasteiger partial charge in [-0.15, -0.1) is 10.2 Å². The maximum Gasteiger partial charge on any atom is 0.223 e. The highest BCUT2D eigenvalue weighted by atomic mass is 32.1. The van der Waals surface area contributed by atoms with Crippen molar-refractivity contribution in [2.75, 3.05) is 36.5 Å². The van der Waals surface area contributed by atoms with Crippen LogP contribution in [0, 0.1) is 5.92 Å². The molecule has 9 heteroatoms. The summed E-state index contributed by atoms with van der Waals surface area (Å²) in [5.41, 5.74) is 3.38. The predicted molar refractivity (Wildman–Crippen MR) is 157 cm³/mol. The summed E-state index contributed by atoms with van der Waals surface area (Å²) in [6.07, 6.45) is 3.66. The number of ether oxygens (including phenoxy) is 1. The Kier molecular flexibility index (Phi) is 8.78. The highest BCUT2D eigenvalue weighted by Crippen LogP contribution is 2.29. The number of nitrogens with zero attached hydrogens (tertiary/aromatic N) is 4. The van der Waals surface area contributed by atoms with Gasteiger partial charge in [0, 0.05) is 43.1 Å². The molecule has 1 aliphatic rings. The third-order valence-corrected chi connectivity index (χ3v) is 8.15. The minimum atomic E-state index is 0.0429. The van der Waals surface area contributed by atoms with E-state index in [1.54, 1.807) is 11.3 Å². The van der Waals surface area contributed by atoms with E-state index < -0.39 is 0 Å². The third kappa shape index (κ3) is 6.78. The SMILES string of the molecule is CCOc1ccc(NCc2cccn2-c2nnc(N3CCC(C(=O)NC[C@@H](C)c4ccccc4)CC3)s2)cc1. The molecular formula is C30H36N6O2S. The van der Waals surface area contributed by atoms with Crippen LogP contribution in [0.3, 0.4) is 0 Å². The van der Waals surface area contributed by atoms with Crippen molar-refractivity contribution in [3.8, 4) is 10.9 Å². The number of carbonyl (C=O) groups is 1. The fourth-order valence-corrected chi connectivity index (χ4v) is 5.75. The number of benzene rings is 2. The lowest BCUT2D eigenvalue weighted by atomic mass is 9.95. The minimum absolute atomic E-state index is 0.0429. The number of carbonyl (C=O) groups excluding carboxylic acids is 1. The summed E-state index contributed by atoms with van der Waals surface area (Å²) in [7, 11) is 0. The summed E-state index contributed by atoms with van der Waals surface area (Å²) >= 11 is 1.58. The molecule has 2 aromatic heterocycles. The van der Waals surface area contributed by atoms with Crippen LogP contribution in [0.25, 0.3) is 5.13 Å². The van der Waals surface area contributed by atoms with E-state index in [4.69, 9.17) is 4.74 Å². The van der Waals surface area contributed by atoms with Crippen LogP contribution in [0.5, 0.6) is 5.75 Å². The van der Waals surface area contributed by atoms with Crippen molar-refractivity contribution in [2.24, 2.45) is 5.92 Å². The number of aromatic nitrogens is 3. The van der Waals surface area contributed by atoms with E-state index in [1.807, 2.05) is 61.7 Å². The molecule has 39 heavy (non-hydrogen) atoms. The van der Waals surface area contributed by atoms with Gasteiger partial charge in [0.05, 0.1) is 13.2 Å². The van der Waals surface area contributed by atoms with E-state index in [2.05, 4.69) is 55.4 Å². The van der Waals surface area contributed by atoms with E-state index in [0.29, 0.717) is 25.6 Å². The van der Waals surface area contributed by atoms with Crippen LogP contribution in [-0.4, -0.2) is 46.9 Å². The van der Waals surface area contributed by atoms with Gasteiger partial charge in [-0.1, -0.05) is 48.6 Å². The molecule has 0 unspecified atom stereocenters. The van der Waals surface area contributed by atoms with Gasteiger partial charge in [0.1, 0.15) is 5.75 Å². The Morgan fingerprint density at radius 3 is 2.51 bits per heavy atom. The zero-order valence-corrected chi connectivity index (χ0v) is 23.4. The molecule has 0 spiro atoms. The lowest BCUT2D eigenvalue weighted by molar-refractivity contribution is -0.125. The fourth-order valence-electron chi connectivity index (χ4n) is 4.84. The van der Waals surface area contributed by atoms with Crippen LogP contribution < -0.4 is 20.3 Å². The molecule has 0 bridgehead atoms. The first kappa shape index (κ1) is 26.7. The van der Waals surface area contributed by atoms with Crippen molar-refractivity contribution in [3.05, 3.63) is 84.2 Å². The number of anilines is 2. The molecule has 0 radical (unpaired) electrons. The molecule has 8 nitrogen and oxygen atoms in total. The van der Waals surface area contributed by atoms with Gasteiger partial charge in [-0.25, -0.2) is 0 Å². The zero-order valence-electron chi connectivity index (χ0n) is 22.5. The molecule has 1 amide bonds. The van der Waals surface area contributed by atoms with Crippen LogP contribution in [0.2, 0.25) is 0 Å². The number of piperidine rings is 1. The van der Waals surface area contributed by atoms with Gasteiger partial charge in [-0.05, 0) is 67.6 Å². The second-order valence-electron chi connectivity index (χ2n) is 9.87. The number of hydrogen-bond donors (Lipinski definition) is 2. The Morgan fingerprint density at radius 2 is 1.77 bits per heavy atom. The highest BCUT2D eigenvalue weighted by molar-refractivity contribution is 7.17. The Morgan fingerprint density at radius 1 is 1.03 bits per heavy atom. The Balaban J connectivity index is 1.11. The van der Waals surface area contributed by atoms with Crippen LogP contribution in [0.4, 0.5) is 10.8 Å². The Bertz CT molecular complexity index is 1330. The van der Waals surface area contributed by atoms with Gasteiger partial charge in [-0.3, -0.25) is 9.36 Å². The van der Waals surface area contributed by atoms with E-state index in [1.165, 1.54) is 5.56 Å². The predicted octanol–water partition coefficient (Wildman–Crippen LogP) is 5.48. The van der Waals surface area contributed by atoms with Crippen molar-refractivity contribution < 1.29 is 9.53 Å². The molecule has 2 N–H and O–H groups in total. The summed E-state index contributed by atoms with van der Waals surface area (Å²) < 4.78 is 7.60. The van der Waals surface area contributed by atoms with Gasteiger partial charge >= 0.3 is 0 Å². The Hall–Kier alpha value is -3.85. The molecule has 3 heterocycles. The Labute approximate surface area is 234 Å². The minimum Gasteiger partial charge on any atom is -0.494 e. The fraction of sp³-hybridized carbons (Fsp3) is 0.367. The average Bonchev–Trinajstić information content (AvgIpc) is 3.66. The maximum absolute atomic E-state index is 12.8. The van der Waals surface area contributed by atoms with Crippen molar-refractivity contribution in [2.45, 2.75) is 39.2 Å². The lowest BCUT2D eigenvalue weighted by Gasteiger charge is -2.30. The molecular weight excluding hydrogens is 508 g/mol. The molecule has 1 fully saturated rings. The quantitative estimate of drug-likeness (QED) is 0.260. The van der Waals surface area contributed by atoms with Crippen LogP contribution in [0.1, 0.15) is 43.9 Å². The maximum atomic E-state index is 12.8. The molecule has 2 aromatic carbocycles. The smallest absolute Gasteiger partial charge is 0.223 e. The first-order chi connectivity index (χ1) is 19.1. The molecule has 204 valence electrons. The largest absolute Gasteiger partial charge is 0.494 e. The molecule has 1 aliphatic heterocycles. The molecule has 0 aliphatic carbocycles. The molecule has 0 saturated carbocycles. The average molecular weight is 545 g/mol. The molecule has 4 aromatic rings. The van der Waals surface area contributed by atoms with E-state index in [9.17, 15) is 4.79 Å². The van der Waals surface area contributed by atoms with E-state index >= 15 is 0 Å². The second-order valence-corrected chi connectivity index (χ2v) is 10.8. The lowest BCUT2D eigenvalue weighted by Crippen LogP contribution is -2.41. The topological polar surface area (TPSA) is 84.3 Å². The normalized spacial score (nSPS) is 14.7. The van der Waals surface area contributed by atoms with Gasteiger partial charge in [0.25, 0.3) is 0 Å². The summed E-state index contributed by atoms with van der Waals surface area (Å²) in [5.74, 6) is 1.37. The van der Waals surface area contributed by atoms with Gasteiger partial charge in [0.15, 0.2) is 0 Å².